The number of amides is 3. The van der Waals surface area contributed by atoms with E-state index in [0.29, 0.717) is 18.7 Å². The number of aryl methyl sites for hydroxylation is 1. The molecule has 3 amide bonds. The number of rotatable bonds is 4. The Kier molecular flexibility index (Phi) is 5.66. The van der Waals surface area contributed by atoms with Gasteiger partial charge in [-0.1, -0.05) is 17.7 Å². The molecule has 0 aromatic heterocycles. The fourth-order valence-electron chi connectivity index (χ4n) is 1.20. The zero-order chi connectivity index (χ0) is 13.4. The van der Waals surface area contributed by atoms with Crippen molar-refractivity contribution in [3.8, 4) is 0 Å². The van der Waals surface area contributed by atoms with Crippen molar-refractivity contribution in [2.75, 3.05) is 20.3 Å². The molecule has 1 aromatic rings. The second-order valence-electron chi connectivity index (χ2n) is 3.69. The van der Waals surface area contributed by atoms with Crippen LogP contribution in [0.2, 0.25) is 0 Å². The van der Waals surface area contributed by atoms with Gasteiger partial charge in [-0.15, -0.1) is 0 Å². The van der Waals surface area contributed by atoms with Crippen LogP contribution >= 0.6 is 0 Å². The monoisotopic (exact) mass is 251 g/mol. The van der Waals surface area contributed by atoms with Crippen LogP contribution in [0, 0.1) is 6.92 Å². The van der Waals surface area contributed by atoms with Gasteiger partial charge in [0.1, 0.15) is 0 Å². The number of urea groups is 1. The molecule has 98 valence electrons. The van der Waals surface area contributed by atoms with E-state index in [1.807, 2.05) is 19.1 Å². The van der Waals surface area contributed by atoms with Crippen LogP contribution in [0.1, 0.15) is 15.9 Å². The molecule has 0 radical (unpaired) electrons. The molecule has 0 unspecified atom stereocenters. The van der Waals surface area contributed by atoms with Gasteiger partial charge in [0.05, 0.1) is 6.61 Å². The molecule has 1 aromatic carbocycles. The van der Waals surface area contributed by atoms with Crippen LogP contribution in [0.15, 0.2) is 24.3 Å². The Morgan fingerprint density at radius 3 is 2.44 bits per heavy atom. The number of hydrazine groups is 1. The average Bonchev–Trinajstić information content (AvgIpc) is 2.37. The summed E-state index contributed by atoms with van der Waals surface area (Å²) >= 11 is 0. The van der Waals surface area contributed by atoms with E-state index in [-0.39, 0.29) is 5.91 Å². The predicted molar refractivity (Wildman–Crippen MR) is 67.1 cm³/mol. The molecular formula is C12H17N3O3. The molecule has 0 aliphatic heterocycles. The molecule has 0 fully saturated rings. The van der Waals surface area contributed by atoms with E-state index in [1.165, 1.54) is 0 Å². The fraction of sp³-hybridized carbons (Fsp3) is 0.333. The van der Waals surface area contributed by atoms with Crippen molar-refractivity contribution in [1.82, 2.24) is 16.2 Å². The molecule has 1 rings (SSSR count). The molecule has 0 saturated heterocycles. The number of carbonyl (C=O) groups is 2. The average molecular weight is 251 g/mol. The number of hydrogen-bond acceptors (Lipinski definition) is 3. The van der Waals surface area contributed by atoms with Gasteiger partial charge in [0, 0.05) is 19.2 Å². The first kappa shape index (κ1) is 14.0. The molecule has 0 heterocycles. The maximum atomic E-state index is 11.6. The summed E-state index contributed by atoms with van der Waals surface area (Å²) in [5, 5.41) is 2.51. The zero-order valence-corrected chi connectivity index (χ0v) is 10.4. The first-order chi connectivity index (χ1) is 8.63. The van der Waals surface area contributed by atoms with Crippen LogP contribution in [-0.4, -0.2) is 32.2 Å². The minimum absolute atomic E-state index is 0.364. The summed E-state index contributed by atoms with van der Waals surface area (Å²) in [6.07, 6.45) is 0. The quantitative estimate of drug-likeness (QED) is 0.541. The number of nitrogens with one attached hydrogen (secondary N) is 3. The van der Waals surface area contributed by atoms with Crippen LogP contribution < -0.4 is 16.2 Å². The molecule has 6 heteroatoms. The number of methoxy groups -OCH3 is 1. The van der Waals surface area contributed by atoms with Gasteiger partial charge >= 0.3 is 6.03 Å². The fourth-order valence-corrected chi connectivity index (χ4v) is 1.20. The Balaban J connectivity index is 2.32. The van der Waals surface area contributed by atoms with Gasteiger partial charge in [-0.3, -0.25) is 10.2 Å². The molecule has 3 N–H and O–H groups in total. The Labute approximate surface area is 106 Å². The third-order valence-corrected chi connectivity index (χ3v) is 2.20. The standard InChI is InChI=1S/C12H17N3O3/c1-9-3-5-10(6-4-9)11(16)14-15-12(17)13-7-8-18-2/h3-6H,7-8H2,1-2H3,(H,14,16)(H2,13,15,17). The first-order valence-electron chi connectivity index (χ1n) is 5.53. The molecule has 6 nitrogen and oxygen atoms in total. The van der Waals surface area contributed by atoms with E-state index in [0.717, 1.165) is 5.56 Å². The van der Waals surface area contributed by atoms with E-state index in [1.54, 1.807) is 19.2 Å². The SMILES string of the molecule is COCCNC(=O)NNC(=O)c1ccc(C)cc1. The Morgan fingerprint density at radius 2 is 1.83 bits per heavy atom. The van der Waals surface area contributed by atoms with Crippen LogP contribution in [0.4, 0.5) is 4.79 Å². The highest BCUT2D eigenvalue weighted by Gasteiger charge is 2.05. The Bertz CT molecular complexity index is 404. The van der Waals surface area contributed by atoms with Crippen molar-refractivity contribution >= 4 is 11.9 Å². The van der Waals surface area contributed by atoms with Gasteiger partial charge in [0.2, 0.25) is 0 Å². The minimum atomic E-state index is -0.479. The lowest BCUT2D eigenvalue weighted by Gasteiger charge is -2.08. The van der Waals surface area contributed by atoms with Crippen molar-refractivity contribution in [2.24, 2.45) is 0 Å². The van der Waals surface area contributed by atoms with Gasteiger partial charge in [-0.25, -0.2) is 10.2 Å². The summed E-state index contributed by atoms with van der Waals surface area (Å²) in [6, 6.07) is 6.55. The molecule has 0 spiro atoms. The van der Waals surface area contributed by atoms with E-state index >= 15 is 0 Å². The maximum Gasteiger partial charge on any atom is 0.333 e. The van der Waals surface area contributed by atoms with Gasteiger partial charge < -0.3 is 10.1 Å². The van der Waals surface area contributed by atoms with Gasteiger partial charge in [0.25, 0.3) is 5.91 Å². The number of carbonyl (C=O) groups excluding carboxylic acids is 2. The van der Waals surface area contributed by atoms with Crippen molar-refractivity contribution in [3.63, 3.8) is 0 Å². The second kappa shape index (κ2) is 7.29. The summed E-state index contributed by atoms with van der Waals surface area (Å²) in [5.41, 5.74) is 6.10. The Hall–Kier alpha value is -2.08. The Morgan fingerprint density at radius 1 is 1.17 bits per heavy atom. The highest BCUT2D eigenvalue weighted by atomic mass is 16.5. The number of benzene rings is 1. The summed E-state index contributed by atoms with van der Waals surface area (Å²) in [6.45, 7) is 2.73. The molecule has 18 heavy (non-hydrogen) atoms. The summed E-state index contributed by atoms with van der Waals surface area (Å²) < 4.78 is 4.77. The lowest BCUT2D eigenvalue weighted by atomic mass is 10.1. The summed E-state index contributed by atoms with van der Waals surface area (Å²) in [5.74, 6) is -0.364. The number of hydrogen-bond donors (Lipinski definition) is 3. The number of ether oxygens (including phenoxy) is 1. The highest BCUT2D eigenvalue weighted by Crippen LogP contribution is 2.01. The van der Waals surface area contributed by atoms with Gasteiger partial charge in [0.15, 0.2) is 0 Å². The molecule has 0 bridgehead atoms. The largest absolute Gasteiger partial charge is 0.383 e. The van der Waals surface area contributed by atoms with Crippen LogP contribution in [0.25, 0.3) is 0 Å². The minimum Gasteiger partial charge on any atom is -0.383 e. The normalized spacial score (nSPS) is 9.67. The molecule has 0 saturated carbocycles. The topological polar surface area (TPSA) is 79.5 Å². The molecular weight excluding hydrogens is 234 g/mol. The highest BCUT2D eigenvalue weighted by molar-refractivity contribution is 5.95. The third kappa shape index (κ3) is 4.84. The predicted octanol–water partition coefficient (Wildman–Crippen LogP) is 0.585. The smallest absolute Gasteiger partial charge is 0.333 e. The van der Waals surface area contributed by atoms with Crippen molar-refractivity contribution in [2.45, 2.75) is 6.92 Å². The van der Waals surface area contributed by atoms with Crippen molar-refractivity contribution < 1.29 is 14.3 Å². The van der Waals surface area contributed by atoms with Crippen LogP contribution in [0.3, 0.4) is 0 Å². The molecule has 0 atom stereocenters. The van der Waals surface area contributed by atoms with Gasteiger partial charge in [-0.2, -0.15) is 0 Å². The summed E-state index contributed by atoms with van der Waals surface area (Å²) in [4.78, 5) is 22.8. The van der Waals surface area contributed by atoms with Gasteiger partial charge in [-0.05, 0) is 19.1 Å². The lowest BCUT2D eigenvalue weighted by molar-refractivity contribution is 0.0936. The lowest BCUT2D eigenvalue weighted by Crippen LogP contribution is -2.47. The van der Waals surface area contributed by atoms with E-state index in [2.05, 4.69) is 16.2 Å². The van der Waals surface area contributed by atoms with Crippen LogP contribution in [0.5, 0.6) is 0 Å². The zero-order valence-electron chi connectivity index (χ0n) is 10.4. The first-order valence-corrected chi connectivity index (χ1v) is 5.53. The van der Waals surface area contributed by atoms with E-state index < -0.39 is 6.03 Å². The van der Waals surface area contributed by atoms with E-state index in [9.17, 15) is 9.59 Å². The second-order valence-corrected chi connectivity index (χ2v) is 3.69. The molecule has 0 aliphatic carbocycles. The van der Waals surface area contributed by atoms with Crippen molar-refractivity contribution in [1.29, 1.82) is 0 Å². The third-order valence-electron chi connectivity index (χ3n) is 2.20. The summed E-state index contributed by atoms with van der Waals surface area (Å²) in [7, 11) is 1.54. The maximum absolute atomic E-state index is 11.6. The molecule has 0 aliphatic rings. The van der Waals surface area contributed by atoms with E-state index in [4.69, 9.17) is 4.74 Å². The van der Waals surface area contributed by atoms with Crippen molar-refractivity contribution in [3.05, 3.63) is 35.4 Å². The van der Waals surface area contributed by atoms with Crippen LogP contribution in [-0.2, 0) is 4.74 Å².